The number of benzene rings is 2. The van der Waals surface area contributed by atoms with E-state index < -0.39 is 10.8 Å². The van der Waals surface area contributed by atoms with E-state index in [0.29, 0.717) is 37.0 Å². The van der Waals surface area contributed by atoms with Gasteiger partial charge in [-0.3, -0.25) is 25.0 Å². The second kappa shape index (κ2) is 8.07. The molecule has 2 amide bonds. The quantitative estimate of drug-likeness (QED) is 0.508. The summed E-state index contributed by atoms with van der Waals surface area (Å²) < 4.78 is 0.943. The van der Waals surface area contributed by atoms with Crippen LogP contribution < -0.4 is 10.2 Å². The van der Waals surface area contributed by atoms with E-state index in [2.05, 4.69) is 10.3 Å². The van der Waals surface area contributed by atoms with Gasteiger partial charge in [0.25, 0.3) is 11.6 Å². The molecule has 0 unspecified atom stereocenters. The number of piperazine rings is 1. The average Bonchev–Trinajstić information content (AvgIpc) is 3.15. The molecule has 0 spiro atoms. The van der Waals surface area contributed by atoms with E-state index in [1.54, 1.807) is 17.0 Å². The second-order valence-corrected chi connectivity index (χ2v) is 7.93. The number of carbonyl (C=O) groups excluding carboxylic acids is 2. The standard InChI is InChI=1S/C20H19N5O4S/c1-13(26)23-8-10-24(11-9-23)16-7-6-14(12-17(16)25(28)29)19(27)22-20-21-15-4-2-3-5-18(15)30-20/h2-7,12H,8-11H2,1H3,(H,21,22,27). The van der Waals surface area contributed by atoms with Gasteiger partial charge in [-0.25, -0.2) is 4.98 Å². The molecule has 0 saturated carbocycles. The summed E-state index contributed by atoms with van der Waals surface area (Å²) in [5.74, 6) is -0.462. The Morgan fingerprint density at radius 3 is 2.53 bits per heavy atom. The highest BCUT2D eigenvalue weighted by molar-refractivity contribution is 7.22. The highest BCUT2D eigenvalue weighted by atomic mass is 32.1. The number of anilines is 2. The Hall–Kier alpha value is -3.53. The molecule has 1 aliphatic heterocycles. The molecule has 2 aromatic carbocycles. The van der Waals surface area contributed by atoms with E-state index in [1.807, 2.05) is 29.2 Å². The van der Waals surface area contributed by atoms with Crippen molar-refractivity contribution in [2.75, 3.05) is 36.4 Å². The molecule has 3 aromatic rings. The van der Waals surface area contributed by atoms with Crippen molar-refractivity contribution in [3.05, 3.63) is 58.1 Å². The predicted molar refractivity (Wildman–Crippen MR) is 115 cm³/mol. The van der Waals surface area contributed by atoms with E-state index in [9.17, 15) is 19.7 Å². The Morgan fingerprint density at radius 2 is 1.87 bits per heavy atom. The minimum atomic E-state index is -0.485. The zero-order valence-corrected chi connectivity index (χ0v) is 17.0. The van der Waals surface area contributed by atoms with Crippen LogP contribution in [0.3, 0.4) is 0 Å². The van der Waals surface area contributed by atoms with Gasteiger partial charge in [-0.05, 0) is 24.3 Å². The van der Waals surface area contributed by atoms with Gasteiger partial charge in [-0.15, -0.1) is 0 Å². The van der Waals surface area contributed by atoms with E-state index in [-0.39, 0.29) is 17.2 Å². The first-order chi connectivity index (χ1) is 14.4. The predicted octanol–water partition coefficient (Wildman–Crippen LogP) is 3.13. The van der Waals surface area contributed by atoms with Crippen LogP contribution in [0.25, 0.3) is 10.2 Å². The van der Waals surface area contributed by atoms with Gasteiger partial charge in [0.2, 0.25) is 5.91 Å². The third-order valence-corrected chi connectivity index (χ3v) is 5.97. The molecule has 4 rings (SSSR count). The summed E-state index contributed by atoms with van der Waals surface area (Å²) in [6.07, 6.45) is 0. The first-order valence-electron chi connectivity index (χ1n) is 9.38. The number of thiazole rings is 1. The molecule has 1 aromatic heterocycles. The van der Waals surface area contributed by atoms with Crippen molar-refractivity contribution in [3.8, 4) is 0 Å². The molecule has 1 aliphatic rings. The summed E-state index contributed by atoms with van der Waals surface area (Å²) in [7, 11) is 0. The minimum Gasteiger partial charge on any atom is -0.362 e. The minimum absolute atomic E-state index is 0.00832. The van der Waals surface area contributed by atoms with Crippen molar-refractivity contribution in [2.24, 2.45) is 0 Å². The molecule has 1 fully saturated rings. The van der Waals surface area contributed by atoms with Crippen molar-refractivity contribution < 1.29 is 14.5 Å². The first-order valence-corrected chi connectivity index (χ1v) is 10.2. The molecule has 0 atom stereocenters. The Kier molecular flexibility index (Phi) is 5.32. The molecule has 0 radical (unpaired) electrons. The number of nitrogens with zero attached hydrogens (tertiary/aromatic N) is 4. The van der Waals surface area contributed by atoms with Crippen LogP contribution in [0.4, 0.5) is 16.5 Å². The molecule has 0 bridgehead atoms. The number of nitro benzene ring substituents is 1. The van der Waals surface area contributed by atoms with E-state index in [4.69, 9.17) is 0 Å². The Balaban J connectivity index is 1.54. The van der Waals surface area contributed by atoms with Crippen molar-refractivity contribution in [1.82, 2.24) is 9.88 Å². The fourth-order valence-corrected chi connectivity index (χ4v) is 4.30. The number of para-hydroxylation sites is 1. The molecule has 154 valence electrons. The van der Waals surface area contributed by atoms with Crippen LogP contribution in [-0.2, 0) is 4.79 Å². The number of amides is 2. The number of hydrogen-bond donors (Lipinski definition) is 1. The summed E-state index contributed by atoms with van der Waals surface area (Å²) in [4.78, 5) is 43.3. The van der Waals surface area contributed by atoms with Crippen LogP contribution in [0.5, 0.6) is 0 Å². The lowest BCUT2D eigenvalue weighted by atomic mass is 10.1. The smallest absolute Gasteiger partial charge is 0.293 e. The maximum atomic E-state index is 12.6. The van der Waals surface area contributed by atoms with Gasteiger partial charge in [-0.1, -0.05) is 23.5 Å². The van der Waals surface area contributed by atoms with E-state index in [1.165, 1.54) is 24.3 Å². The van der Waals surface area contributed by atoms with Gasteiger partial charge in [0.15, 0.2) is 5.13 Å². The van der Waals surface area contributed by atoms with Gasteiger partial charge >= 0.3 is 0 Å². The van der Waals surface area contributed by atoms with Gasteiger partial charge in [0.05, 0.1) is 15.1 Å². The SMILES string of the molecule is CC(=O)N1CCN(c2ccc(C(=O)Nc3nc4ccccc4s3)cc2[N+](=O)[O-])CC1. The van der Waals surface area contributed by atoms with Gasteiger partial charge in [-0.2, -0.15) is 0 Å². The highest BCUT2D eigenvalue weighted by Gasteiger charge is 2.26. The van der Waals surface area contributed by atoms with E-state index >= 15 is 0 Å². The summed E-state index contributed by atoms with van der Waals surface area (Å²) in [5, 5.41) is 14.8. The van der Waals surface area contributed by atoms with Gasteiger partial charge in [0, 0.05) is 44.7 Å². The van der Waals surface area contributed by atoms with Crippen LogP contribution in [0.2, 0.25) is 0 Å². The third kappa shape index (κ3) is 3.94. The topological polar surface area (TPSA) is 109 Å². The molecule has 2 heterocycles. The maximum Gasteiger partial charge on any atom is 0.293 e. The number of nitro groups is 1. The summed E-state index contributed by atoms with van der Waals surface area (Å²) >= 11 is 1.34. The number of rotatable bonds is 4. The molecule has 30 heavy (non-hydrogen) atoms. The zero-order chi connectivity index (χ0) is 21.3. The van der Waals surface area contributed by atoms with Gasteiger partial charge in [0.1, 0.15) is 5.69 Å². The average molecular weight is 425 g/mol. The largest absolute Gasteiger partial charge is 0.362 e. The first kappa shape index (κ1) is 19.8. The molecule has 1 N–H and O–H groups in total. The molecule has 1 saturated heterocycles. The zero-order valence-electron chi connectivity index (χ0n) is 16.2. The van der Waals surface area contributed by atoms with Crippen molar-refractivity contribution >= 4 is 49.9 Å². The fourth-order valence-electron chi connectivity index (χ4n) is 3.44. The van der Waals surface area contributed by atoms with Crippen LogP contribution in [0, 0.1) is 10.1 Å². The normalized spacial score (nSPS) is 14.0. The van der Waals surface area contributed by atoms with E-state index in [0.717, 1.165) is 10.2 Å². The lowest BCUT2D eigenvalue weighted by Crippen LogP contribution is -2.48. The fraction of sp³-hybridized carbons (Fsp3) is 0.250. The van der Waals surface area contributed by atoms with Crippen LogP contribution in [0.1, 0.15) is 17.3 Å². The molecule has 0 aliphatic carbocycles. The number of hydrogen-bond acceptors (Lipinski definition) is 7. The molecule has 9 nitrogen and oxygen atoms in total. The van der Waals surface area contributed by atoms with Crippen molar-refractivity contribution in [1.29, 1.82) is 0 Å². The van der Waals surface area contributed by atoms with Crippen LogP contribution in [-0.4, -0.2) is 52.8 Å². The Bertz CT molecular complexity index is 1100. The maximum absolute atomic E-state index is 12.6. The molecule has 10 heteroatoms. The summed E-state index contributed by atoms with van der Waals surface area (Å²) in [6.45, 7) is 3.52. The molecular formula is C20H19N5O4S. The number of carbonyl (C=O) groups is 2. The number of nitrogens with one attached hydrogen (secondary N) is 1. The lowest BCUT2D eigenvalue weighted by molar-refractivity contribution is -0.384. The second-order valence-electron chi connectivity index (χ2n) is 6.89. The molecular weight excluding hydrogens is 406 g/mol. The number of fused-ring (bicyclic) bond motifs is 1. The Labute approximate surface area is 176 Å². The summed E-state index contributed by atoms with van der Waals surface area (Å²) in [6, 6.07) is 12.0. The van der Waals surface area contributed by atoms with Gasteiger partial charge < -0.3 is 9.80 Å². The van der Waals surface area contributed by atoms with Crippen molar-refractivity contribution in [3.63, 3.8) is 0 Å². The number of aromatic nitrogens is 1. The summed E-state index contributed by atoms with van der Waals surface area (Å²) in [5.41, 5.74) is 1.28. The highest BCUT2D eigenvalue weighted by Crippen LogP contribution is 2.31. The lowest BCUT2D eigenvalue weighted by Gasteiger charge is -2.35. The Morgan fingerprint density at radius 1 is 1.13 bits per heavy atom. The van der Waals surface area contributed by atoms with Crippen molar-refractivity contribution in [2.45, 2.75) is 6.92 Å². The monoisotopic (exact) mass is 425 g/mol. The van der Waals surface area contributed by atoms with Crippen LogP contribution >= 0.6 is 11.3 Å². The third-order valence-electron chi connectivity index (χ3n) is 5.01. The van der Waals surface area contributed by atoms with Crippen LogP contribution in [0.15, 0.2) is 42.5 Å².